The van der Waals surface area contributed by atoms with Gasteiger partial charge in [0.15, 0.2) is 0 Å². The summed E-state index contributed by atoms with van der Waals surface area (Å²) in [5.74, 6) is -0.180. The minimum absolute atomic E-state index is 0.0594. The summed E-state index contributed by atoms with van der Waals surface area (Å²) in [7, 11) is 0. The van der Waals surface area contributed by atoms with Crippen molar-refractivity contribution in [2.45, 2.75) is 12.6 Å². The van der Waals surface area contributed by atoms with Crippen molar-refractivity contribution in [1.29, 1.82) is 0 Å². The zero-order valence-corrected chi connectivity index (χ0v) is 12.9. The van der Waals surface area contributed by atoms with Crippen molar-refractivity contribution in [3.05, 3.63) is 77.1 Å². The first-order valence-corrected chi connectivity index (χ1v) is 7.41. The highest BCUT2D eigenvalue weighted by molar-refractivity contribution is 6.30. The minimum Gasteiger partial charge on any atom is -0.344 e. The molecule has 2 aromatic carbocycles. The number of nitrogens with zero attached hydrogens (tertiary/aromatic N) is 4. The zero-order valence-electron chi connectivity index (χ0n) is 12.1. The lowest BCUT2D eigenvalue weighted by Gasteiger charge is -2.20. The number of halogens is 1. The highest BCUT2D eigenvalue weighted by atomic mass is 35.5. The van der Waals surface area contributed by atoms with Crippen LogP contribution in [0, 0.1) is 0 Å². The SMILES string of the molecule is O=C(Cn1cnnn1)NC(c1ccccc1)c1ccc(Cl)cc1. The molecule has 0 spiro atoms. The lowest BCUT2D eigenvalue weighted by Crippen LogP contribution is -2.32. The lowest BCUT2D eigenvalue weighted by atomic mass is 9.99. The molecule has 23 heavy (non-hydrogen) atoms. The summed E-state index contributed by atoms with van der Waals surface area (Å²) in [5.41, 5.74) is 1.94. The van der Waals surface area contributed by atoms with Gasteiger partial charge in [0.1, 0.15) is 12.9 Å². The van der Waals surface area contributed by atoms with Gasteiger partial charge in [-0.25, -0.2) is 4.68 Å². The van der Waals surface area contributed by atoms with Crippen LogP contribution in [0.5, 0.6) is 0 Å². The Morgan fingerprint density at radius 1 is 1.09 bits per heavy atom. The highest BCUT2D eigenvalue weighted by Crippen LogP contribution is 2.23. The zero-order chi connectivity index (χ0) is 16.1. The monoisotopic (exact) mass is 327 g/mol. The maximum Gasteiger partial charge on any atom is 0.242 e. The fraction of sp³-hybridized carbons (Fsp3) is 0.125. The van der Waals surface area contributed by atoms with Crippen LogP contribution in [0.3, 0.4) is 0 Å². The molecule has 0 bridgehead atoms. The number of aromatic nitrogens is 4. The van der Waals surface area contributed by atoms with Crippen LogP contribution in [0.4, 0.5) is 0 Å². The van der Waals surface area contributed by atoms with E-state index in [1.165, 1.54) is 11.0 Å². The molecule has 1 amide bonds. The van der Waals surface area contributed by atoms with Crippen molar-refractivity contribution in [2.24, 2.45) is 0 Å². The van der Waals surface area contributed by atoms with E-state index < -0.39 is 0 Å². The number of carbonyl (C=O) groups is 1. The van der Waals surface area contributed by atoms with Gasteiger partial charge >= 0.3 is 0 Å². The highest BCUT2D eigenvalue weighted by Gasteiger charge is 2.17. The van der Waals surface area contributed by atoms with Crippen LogP contribution in [0.25, 0.3) is 0 Å². The van der Waals surface area contributed by atoms with Gasteiger partial charge in [-0.15, -0.1) is 5.10 Å². The van der Waals surface area contributed by atoms with Crippen LogP contribution in [0.2, 0.25) is 5.02 Å². The molecule has 116 valence electrons. The van der Waals surface area contributed by atoms with Gasteiger partial charge in [-0.1, -0.05) is 54.1 Å². The molecule has 0 saturated heterocycles. The van der Waals surface area contributed by atoms with Crippen molar-refractivity contribution in [1.82, 2.24) is 25.5 Å². The Morgan fingerprint density at radius 3 is 2.43 bits per heavy atom. The van der Waals surface area contributed by atoms with Crippen LogP contribution in [0.1, 0.15) is 17.2 Å². The first kappa shape index (κ1) is 15.2. The molecule has 0 saturated carbocycles. The van der Waals surface area contributed by atoms with E-state index in [1.54, 1.807) is 12.1 Å². The second-order valence-electron chi connectivity index (χ2n) is 4.97. The summed E-state index contributed by atoms with van der Waals surface area (Å²) in [6.07, 6.45) is 1.40. The molecule has 1 aromatic heterocycles. The summed E-state index contributed by atoms with van der Waals surface area (Å²) < 4.78 is 1.37. The van der Waals surface area contributed by atoms with Gasteiger partial charge in [-0.05, 0) is 33.7 Å². The van der Waals surface area contributed by atoms with Crippen molar-refractivity contribution < 1.29 is 4.79 Å². The number of carbonyl (C=O) groups excluding carboxylic acids is 1. The summed E-state index contributed by atoms with van der Waals surface area (Å²) in [6, 6.07) is 16.9. The Balaban J connectivity index is 1.83. The number of hydrogen-bond acceptors (Lipinski definition) is 4. The molecular weight excluding hydrogens is 314 g/mol. The first-order chi connectivity index (χ1) is 11.2. The number of rotatable bonds is 5. The van der Waals surface area contributed by atoms with E-state index in [2.05, 4.69) is 20.8 Å². The molecule has 0 aliphatic heterocycles. The maximum atomic E-state index is 12.3. The molecule has 3 aromatic rings. The number of nitrogens with one attached hydrogen (secondary N) is 1. The van der Waals surface area contributed by atoms with Gasteiger partial charge < -0.3 is 5.32 Å². The molecule has 3 rings (SSSR count). The van der Waals surface area contributed by atoms with E-state index in [4.69, 9.17) is 11.6 Å². The third-order valence-corrected chi connectivity index (χ3v) is 3.59. The molecule has 0 fully saturated rings. The van der Waals surface area contributed by atoms with Crippen LogP contribution >= 0.6 is 11.6 Å². The first-order valence-electron chi connectivity index (χ1n) is 7.03. The Bertz CT molecular complexity index is 759. The van der Waals surface area contributed by atoms with Gasteiger partial charge in [0, 0.05) is 5.02 Å². The number of amides is 1. The van der Waals surface area contributed by atoms with Crippen molar-refractivity contribution >= 4 is 17.5 Å². The van der Waals surface area contributed by atoms with Gasteiger partial charge in [-0.2, -0.15) is 0 Å². The van der Waals surface area contributed by atoms with E-state index in [0.717, 1.165) is 11.1 Å². The summed E-state index contributed by atoms with van der Waals surface area (Å²) in [6.45, 7) is 0.0594. The van der Waals surface area contributed by atoms with Crippen molar-refractivity contribution in [3.63, 3.8) is 0 Å². The average molecular weight is 328 g/mol. The van der Waals surface area contributed by atoms with E-state index in [0.29, 0.717) is 5.02 Å². The van der Waals surface area contributed by atoms with Crippen molar-refractivity contribution in [3.8, 4) is 0 Å². The predicted molar refractivity (Wildman–Crippen MR) is 85.7 cm³/mol. The number of hydrogen-bond donors (Lipinski definition) is 1. The smallest absolute Gasteiger partial charge is 0.242 e. The number of tetrazole rings is 1. The predicted octanol–water partition coefficient (Wildman–Crippen LogP) is 2.23. The molecule has 6 nitrogen and oxygen atoms in total. The van der Waals surface area contributed by atoms with Gasteiger partial charge in [-0.3, -0.25) is 4.79 Å². The fourth-order valence-electron chi connectivity index (χ4n) is 2.27. The minimum atomic E-state index is -0.266. The van der Waals surface area contributed by atoms with Gasteiger partial charge in [0.25, 0.3) is 0 Å². The van der Waals surface area contributed by atoms with Crippen molar-refractivity contribution in [2.75, 3.05) is 0 Å². The van der Waals surface area contributed by atoms with Crippen LogP contribution in [-0.4, -0.2) is 26.1 Å². The molecule has 1 atom stereocenters. The third-order valence-electron chi connectivity index (χ3n) is 3.34. The standard InChI is InChI=1S/C16H14ClN5O/c17-14-8-6-13(7-9-14)16(12-4-2-1-3-5-12)19-15(23)10-22-11-18-20-21-22/h1-9,11,16H,10H2,(H,19,23). The molecule has 0 aliphatic carbocycles. The Hall–Kier alpha value is -2.73. The average Bonchev–Trinajstić information content (AvgIpc) is 3.07. The number of benzene rings is 2. The second kappa shape index (κ2) is 7.02. The molecule has 7 heteroatoms. The van der Waals surface area contributed by atoms with Crippen LogP contribution in [-0.2, 0) is 11.3 Å². The molecular formula is C16H14ClN5O. The van der Waals surface area contributed by atoms with Crippen LogP contribution < -0.4 is 5.32 Å². The molecule has 1 heterocycles. The van der Waals surface area contributed by atoms with Gasteiger partial charge in [0.2, 0.25) is 5.91 Å². The summed E-state index contributed by atoms with van der Waals surface area (Å²) in [5, 5.41) is 14.4. The lowest BCUT2D eigenvalue weighted by molar-refractivity contribution is -0.122. The second-order valence-corrected chi connectivity index (χ2v) is 5.41. The maximum absolute atomic E-state index is 12.3. The molecule has 0 radical (unpaired) electrons. The Labute approximate surface area is 138 Å². The molecule has 1 unspecified atom stereocenters. The van der Waals surface area contributed by atoms with Gasteiger partial charge in [0.05, 0.1) is 6.04 Å². The quantitative estimate of drug-likeness (QED) is 0.780. The Kier molecular flexibility index (Phi) is 4.63. The van der Waals surface area contributed by atoms with E-state index in [1.807, 2.05) is 42.5 Å². The van der Waals surface area contributed by atoms with E-state index >= 15 is 0 Å². The molecule has 0 aliphatic rings. The Morgan fingerprint density at radius 2 is 1.78 bits per heavy atom. The summed E-state index contributed by atoms with van der Waals surface area (Å²) >= 11 is 5.95. The third kappa shape index (κ3) is 3.92. The largest absolute Gasteiger partial charge is 0.344 e. The van der Waals surface area contributed by atoms with E-state index in [9.17, 15) is 4.79 Å². The molecule has 1 N–H and O–H groups in total. The van der Waals surface area contributed by atoms with Crippen LogP contribution in [0.15, 0.2) is 60.9 Å². The fourth-order valence-corrected chi connectivity index (χ4v) is 2.39. The normalized spacial score (nSPS) is 11.9. The van der Waals surface area contributed by atoms with E-state index in [-0.39, 0.29) is 18.5 Å². The topological polar surface area (TPSA) is 72.7 Å². The summed E-state index contributed by atoms with van der Waals surface area (Å²) in [4.78, 5) is 12.3.